The summed E-state index contributed by atoms with van der Waals surface area (Å²) in [5.74, 6) is 0.180. The molecule has 0 fully saturated rings. The van der Waals surface area contributed by atoms with Crippen LogP contribution >= 0.6 is 0 Å². The molecule has 2 heterocycles. The van der Waals surface area contributed by atoms with E-state index in [1.165, 1.54) is 0 Å². The molecule has 2 aromatic rings. The SMILES string of the molecule is Cc1ccc(CNC(=O)c2cc(C)nc(N)c2)cn1. The third-order valence-electron chi connectivity index (χ3n) is 2.66. The highest BCUT2D eigenvalue weighted by atomic mass is 16.1. The Labute approximate surface area is 111 Å². The summed E-state index contributed by atoms with van der Waals surface area (Å²) >= 11 is 0. The van der Waals surface area contributed by atoms with Crippen molar-refractivity contribution in [2.75, 3.05) is 5.73 Å². The van der Waals surface area contributed by atoms with Crippen LogP contribution in [0.2, 0.25) is 0 Å². The Balaban J connectivity index is 2.03. The normalized spacial score (nSPS) is 10.2. The van der Waals surface area contributed by atoms with Crippen LogP contribution in [0.15, 0.2) is 30.5 Å². The number of carbonyl (C=O) groups is 1. The van der Waals surface area contributed by atoms with Crippen molar-refractivity contribution in [1.82, 2.24) is 15.3 Å². The first-order chi connectivity index (χ1) is 9.04. The third-order valence-corrected chi connectivity index (χ3v) is 2.66. The average Bonchev–Trinajstić information content (AvgIpc) is 2.36. The summed E-state index contributed by atoms with van der Waals surface area (Å²) in [6, 6.07) is 7.12. The third kappa shape index (κ3) is 3.51. The molecular formula is C14H16N4O. The topological polar surface area (TPSA) is 80.9 Å². The predicted octanol–water partition coefficient (Wildman–Crippen LogP) is 1.61. The van der Waals surface area contributed by atoms with Crippen LogP contribution in [0.5, 0.6) is 0 Å². The number of nitrogens with two attached hydrogens (primary N) is 1. The molecule has 0 aliphatic heterocycles. The van der Waals surface area contributed by atoms with Gasteiger partial charge >= 0.3 is 0 Å². The van der Waals surface area contributed by atoms with Crippen LogP contribution in [-0.4, -0.2) is 15.9 Å². The molecule has 0 spiro atoms. The molecule has 3 N–H and O–H groups in total. The lowest BCUT2D eigenvalue weighted by Gasteiger charge is -2.06. The van der Waals surface area contributed by atoms with Crippen molar-refractivity contribution in [3.8, 4) is 0 Å². The molecule has 0 unspecified atom stereocenters. The van der Waals surface area contributed by atoms with Crippen LogP contribution in [0, 0.1) is 13.8 Å². The monoisotopic (exact) mass is 256 g/mol. The number of aryl methyl sites for hydroxylation is 2. The van der Waals surface area contributed by atoms with Crippen LogP contribution in [0.25, 0.3) is 0 Å². The Bertz CT molecular complexity index is 573. The van der Waals surface area contributed by atoms with E-state index in [0.717, 1.165) is 17.0 Å². The Morgan fingerprint density at radius 1 is 1.26 bits per heavy atom. The number of hydrogen-bond acceptors (Lipinski definition) is 4. The number of anilines is 1. The Kier molecular flexibility index (Phi) is 3.75. The molecule has 5 heteroatoms. The van der Waals surface area contributed by atoms with E-state index in [-0.39, 0.29) is 5.91 Å². The summed E-state index contributed by atoms with van der Waals surface area (Å²) in [4.78, 5) is 20.2. The summed E-state index contributed by atoms with van der Waals surface area (Å²) in [5.41, 5.74) is 8.77. The standard InChI is InChI=1S/C14H16N4O/c1-9-3-4-11(7-16-9)8-17-14(19)12-5-10(2)18-13(15)6-12/h3-7H,8H2,1-2H3,(H2,15,18)(H,17,19). The van der Waals surface area contributed by atoms with E-state index in [1.54, 1.807) is 25.3 Å². The van der Waals surface area contributed by atoms with E-state index < -0.39 is 0 Å². The molecule has 98 valence electrons. The van der Waals surface area contributed by atoms with Crippen molar-refractivity contribution in [2.24, 2.45) is 0 Å². The lowest BCUT2D eigenvalue weighted by molar-refractivity contribution is 0.0950. The van der Waals surface area contributed by atoms with Crippen molar-refractivity contribution in [3.63, 3.8) is 0 Å². The number of rotatable bonds is 3. The van der Waals surface area contributed by atoms with Gasteiger partial charge in [-0.2, -0.15) is 0 Å². The number of nitrogens with zero attached hydrogens (tertiary/aromatic N) is 2. The van der Waals surface area contributed by atoms with E-state index in [9.17, 15) is 4.79 Å². The number of pyridine rings is 2. The van der Waals surface area contributed by atoms with Crippen LogP contribution in [-0.2, 0) is 6.54 Å². The van der Waals surface area contributed by atoms with Gasteiger partial charge in [-0.15, -0.1) is 0 Å². The highest BCUT2D eigenvalue weighted by molar-refractivity contribution is 5.94. The summed E-state index contributed by atoms with van der Waals surface area (Å²) in [7, 11) is 0. The summed E-state index contributed by atoms with van der Waals surface area (Å²) < 4.78 is 0. The van der Waals surface area contributed by atoms with Crippen LogP contribution in [0.3, 0.4) is 0 Å². The molecule has 2 rings (SSSR count). The fourth-order valence-electron chi connectivity index (χ4n) is 1.71. The van der Waals surface area contributed by atoms with Crippen molar-refractivity contribution < 1.29 is 4.79 Å². The van der Waals surface area contributed by atoms with E-state index >= 15 is 0 Å². The van der Waals surface area contributed by atoms with E-state index in [2.05, 4.69) is 15.3 Å². The number of aromatic nitrogens is 2. The summed E-state index contributed by atoms with van der Waals surface area (Å²) in [5, 5.41) is 2.83. The smallest absolute Gasteiger partial charge is 0.251 e. The maximum absolute atomic E-state index is 12.0. The lowest BCUT2D eigenvalue weighted by atomic mass is 10.2. The Morgan fingerprint density at radius 2 is 2.05 bits per heavy atom. The second kappa shape index (κ2) is 5.48. The molecule has 19 heavy (non-hydrogen) atoms. The van der Waals surface area contributed by atoms with Gasteiger partial charge in [0.25, 0.3) is 5.91 Å². The maximum Gasteiger partial charge on any atom is 0.251 e. The predicted molar refractivity (Wildman–Crippen MR) is 73.5 cm³/mol. The molecule has 0 bridgehead atoms. The lowest BCUT2D eigenvalue weighted by Crippen LogP contribution is -2.23. The minimum atomic E-state index is -0.169. The largest absolute Gasteiger partial charge is 0.384 e. The maximum atomic E-state index is 12.0. The highest BCUT2D eigenvalue weighted by Gasteiger charge is 2.07. The van der Waals surface area contributed by atoms with Gasteiger partial charge in [-0.25, -0.2) is 4.98 Å². The second-order valence-corrected chi connectivity index (χ2v) is 4.41. The summed E-state index contributed by atoms with van der Waals surface area (Å²) in [6.07, 6.45) is 1.75. The van der Waals surface area contributed by atoms with Gasteiger partial charge in [0.1, 0.15) is 5.82 Å². The number of carbonyl (C=O) groups excluding carboxylic acids is 1. The van der Waals surface area contributed by atoms with Gasteiger partial charge in [-0.05, 0) is 37.6 Å². The quantitative estimate of drug-likeness (QED) is 0.874. The fourth-order valence-corrected chi connectivity index (χ4v) is 1.71. The van der Waals surface area contributed by atoms with Gasteiger partial charge in [0, 0.05) is 29.7 Å². The zero-order valence-corrected chi connectivity index (χ0v) is 11.0. The average molecular weight is 256 g/mol. The minimum absolute atomic E-state index is 0.169. The number of nitrogen functional groups attached to an aromatic ring is 1. The van der Waals surface area contributed by atoms with Crippen LogP contribution < -0.4 is 11.1 Å². The molecule has 5 nitrogen and oxygen atoms in total. The zero-order chi connectivity index (χ0) is 13.8. The Hall–Kier alpha value is -2.43. The van der Waals surface area contributed by atoms with Gasteiger partial charge in [0.2, 0.25) is 0 Å². The molecule has 2 aromatic heterocycles. The number of amides is 1. The minimum Gasteiger partial charge on any atom is -0.384 e. The molecule has 0 atom stereocenters. The second-order valence-electron chi connectivity index (χ2n) is 4.41. The molecule has 0 saturated carbocycles. The molecule has 1 amide bonds. The van der Waals surface area contributed by atoms with Gasteiger partial charge in [-0.1, -0.05) is 6.07 Å². The van der Waals surface area contributed by atoms with Gasteiger partial charge in [0.15, 0.2) is 0 Å². The summed E-state index contributed by atoms with van der Waals surface area (Å²) in [6.45, 7) is 4.16. The van der Waals surface area contributed by atoms with E-state index in [4.69, 9.17) is 5.73 Å². The first kappa shape index (κ1) is 13.0. The number of hydrogen-bond donors (Lipinski definition) is 2. The fraction of sp³-hybridized carbons (Fsp3) is 0.214. The van der Waals surface area contributed by atoms with Crippen molar-refractivity contribution in [2.45, 2.75) is 20.4 Å². The molecule has 0 saturated heterocycles. The van der Waals surface area contributed by atoms with Crippen molar-refractivity contribution in [3.05, 3.63) is 53.0 Å². The van der Waals surface area contributed by atoms with Gasteiger partial charge < -0.3 is 11.1 Å². The van der Waals surface area contributed by atoms with Crippen molar-refractivity contribution >= 4 is 11.7 Å². The van der Waals surface area contributed by atoms with Crippen LogP contribution in [0.1, 0.15) is 27.3 Å². The van der Waals surface area contributed by atoms with Crippen molar-refractivity contribution in [1.29, 1.82) is 0 Å². The first-order valence-corrected chi connectivity index (χ1v) is 5.98. The Morgan fingerprint density at radius 3 is 2.68 bits per heavy atom. The molecule has 0 aliphatic rings. The highest BCUT2D eigenvalue weighted by Crippen LogP contribution is 2.07. The van der Waals surface area contributed by atoms with Gasteiger partial charge in [0.05, 0.1) is 0 Å². The molecular weight excluding hydrogens is 240 g/mol. The number of nitrogens with one attached hydrogen (secondary N) is 1. The van der Waals surface area contributed by atoms with Crippen LogP contribution in [0.4, 0.5) is 5.82 Å². The molecule has 0 radical (unpaired) electrons. The molecule has 0 aromatic carbocycles. The van der Waals surface area contributed by atoms with E-state index in [0.29, 0.717) is 17.9 Å². The van der Waals surface area contributed by atoms with E-state index in [1.807, 2.05) is 19.1 Å². The molecule has 0 aliphatic carbocycles. The zero-order valence-electron chi connectivity index (χ0n) is 11.0. The van der Waals surface area contributed by atoms with Gasteiger partial charge in [-0.3, -0.25) is 9.78 Å². The first-order valence-electron chi connectivity index (χ1n) is 5.98.